The van der Waals surface area contributed by atoms with Crippen LogP contribution in [0, 0.1) is 0 Å². The maximum absolute atomic E-state index is 12.6. The molecule has 7 heteroatoms. The zero-order valence-electron chi connectivity index (χ0n) is 10.1. The molecule has 0 atom stereocenters. The Morgan fingerprint density at radius 1 is 1.37 bits per heavy atom. The molecule has 1 saturated carbocycles. The molecule has 19 heavy (non-hydrogen) atoms. The summed E-state index contributed by atoms with van der Waals surface area (Å²) in [6.07, 6.45) is 3.24. The van der Waals surface area contributed by atoms with Crippen molar-refractivity contribution in [3.63, 3.8) is 0 Å². The molecule has 0 bridgehead atoms. The predicted octanol–water partition coefficient (Wildman–Crippen LogP) is 2.91. The molecule has 0 heterocycles. The Balaban J connectivity index is 2.52. The molecule has 1 aliphatic rings. The highest BCUT2D eigenvalue weighted by Gasteiger charge is 2.39. The average Bonchev–Trinajstić information content (AvgIpc) is 3.07. The highest BCUT2D eigenvalue weighted by Crippen LogP contribution is 2.38. The van der Waals surface area contributed by atoms with Crippen LogP contribution in [-0.4, -0.2) is 25.3 Å². The Bertz CT molecular complexity index is 589. The van der Waals surface area contributed by atoms with Crippen molar-refractivity contribution in [3.05, 3.63) is 34.8 Å². The first-order valence-corrected chi connectivity index (χ1v) is 7.94. The normalized spacial score (nSPS) is 15.7. The van der Waals surface area contributed by atoms with E-state index >= 15 is 0 Å². The number of halogens is 2. The van der Waals surface area contributed by atoms with Crippen molar-refractivity contribution in [2.24, 2.45) is 0 Å². The highest BCUT2D eigenvalue weighted by atomic mass is 35.5. The Morgan fingerprint density at radius 2 is 1.89 bits per heavy atom. The van der Waals surface area contributed by atoms with Gasteiger partial charge in [0.15, 0.2) is 0 Å². The van der Waals surface area contributed by atoms with Gasteiger partial charge in [-0.2, -0.15) is 4.31 Å². The largest absolute Gasteiger partial charge is 0.399 e. The summed E-state index contributed by atoms with van der Waals surface area (Å²) in [7, 11) is -3.74. The molecular weight excluding hydrogens is 307 g/mol. The number of benzene rings is 1. The molecule has 1 aromatic carbocycles. The van der Waals surface area contributed by atoms with Crippen LogP contribution in [0.5, 0.6) is 0 Å². The third kappa shape index (κ3) is 2.89. The second-order valence-electron chi connectivity index (χ2n) is 4.41. The standard InChI is InChI=1S/C12H14Cl2N2O2S/c1-2-5-16(9-3-4-9)19(17,18)12-10(13)6-8(15)7-11(12)14/h2,6-7,9H,1,3-5,15H2. The van der Waals surface area contributed by atoms with Crippen LogP contribution in [-0.2, 0) is 10.0 Å². The first kappa shape index (κ1) is 14.7. The number of nitrogen functional groups attached to an aromatic ring is 1. The fraction of sp³-hybridized carbons (Fsp3) is 0.333. The summed E-state index contributed by atoms with van der Waals surface area (Å²) >= 11 is 12.0. The van der Waals surface area contributed by atoms with Gasteiger partial charge in [-0.1, -0.05) is 29.3 Å². The number of sulfonamides is 1. The summed E-state index contributed by atoms with van der Waals surface area (Å²) in [4.78, 5) is -0.0845. The molecule has 1 aromatic rings. The molecule has 0 aliphatic heterocycles. The smallest absolute Gasteiger partial charge is 0.246 e. The topological polar surface area (TPSA) is 63.4 Å². The molecule has 0 saturated heterocycles. The zero-order valence-corrected chi connectivity index (χ0v) is 12.5. The summed E-state index contributed by atoms with van der Waals surface area (Å²) < 4.78 is 26.6. The second-order valence-corrected chi connectivity index (χ2v) is 7.05. The summed E-state index contributed by atoms with van der Waals surface area (Å²) in [5.74, 6) is 0. The van der Waals surface area contributed by atoms with E-state index in [-0.39, 0.29) is 27.5 Å². The third-order valence-corrected chi connectivity index (χ3v) is 5.69. The lowest BCUT2D eigenvalue weighted by Gasteiger charge is -2.21. The Hall–Kier alpha value is -0.750. The van der Waals surface area contributed by atoms with Gasteiger partial charge in [0.1, 0.15) is 4.90 Å². The van der Waals surface area contributed by atoms with Crippen LogP contribution < -0.4 is 5.73 Å². The van der Waals surface area contributed by atoms with Gasteiger partial charge in [0, 0.05) is 18.3 Å². The van der Waals surface area contributed by atoms with Crippen molar-refractivity contribution in [3.8, 4) is 0 Å². The van der Waals surface area contributed by atoms with Crippen LogP contribution in [0.4, 0.5) is 5.69 Å². The molecule has 2 rings (SSSR count). The predicted molar refractivity (Wildman–Crippen MR) is 78.0 cm³/mol. The molecule has 0 radical (unpaired) electrons. The fourth-order valence-corrected chi connectivity index (χ4v) is 4.72. The number of nitrogens with two attached hydrogens (primary N) is 1. The van der Waals surface area contributed by atoms with Gasteiger partial charge in [0.25, 0.3) is 0 Å². The number of nitrogens with zero attached hydrogens (tertiary/aromatic N) is 1. The van der Waals surface area contributed by atoms with Gasteiger partial charge in [0.05, 0.1) is 10.0 Å². The van der Waals surface area contributed by atoms with E-state index in [2.05, 4.69) is 6.58 Å². The Kier molecular flexibility index (Phi) is 4.11. The van der Waals surface area contributed by atoms with Gasteiger partial charge >= 0.3 is 0 Å². The van der Waals surface area contributed by atoms with E-state index in [0.717, 1.165) is 12.8 Å². The van der Waals surface area contributed by atoms with E-state index in [1.165, 1.54) is 16.4 Å². The lowest BCUT2D eigenvalue weighted by molar-refractivity contribution is 0.436. The van der Waals surface area contributed by atoms with Crippen LogP contribution in [0.15, 0.2) is 29.7 Å². The first-order chi connectivity index (χ1) is 8.87. The summed E-state index contributed by atoms with van der Waals surface area (Å²) in [5, 5.41) is 0.0828. The van der Waals surface area contributed by atoms with Crippen LogP contribution >= 0.6 is 23.2 Å². The Labute approximate surface area is 122 Å². The molecule has 104 valence electrons. The van der Waals surface area contributed by atoms with E-state index in [1.54, 1.807) is 6.08 Å². The van der Waals surface area contributed by atoms with Crippen molar-refractivity contribution < 1.29 is 8.42 Å². The number of hydrogen-bond acceptors (Lipinski definition) is 3. The Morgan fingerprint density at radius 3 is 2.32 bits per heavy atom. The highest BCUT2D eigenvalue weighted by molar-refractivity contribution is 7.89. The molecular formula is C12H14Cl2N2O2S. The van der Waals surface area contributed by atoms with Gasteiger partial charge in [0.2, 0.25) is 10.0 Å². The van der Waals surface area contributed by atoms with Crippen LogP contribution in [0.1, 0.15) is 12.8 Å². The van der Waals surface area contributed by atoms with E-state index in [1.807, 2.05) is 0 Å². The second kappa shape index (κ2) is 5.32. The molecule has 0 unspecified atom stereocenters. The maximum atomic E-state index is 12.6. The summed E-state index contributed by atoms with van der Waals surface area (Å²) in [5.41, 5.74) is 5.91. The minimum Gasteiger partial charge on any atom is -0.399 e. The lowest BCUT2D eigenvalue weighted by Crippen LogP contribution is -2.33. The van der Waals surface area contributed by atoms with Crippen molar-refractivity contribution in [2.75, 3.05) is 12.3 Å². The number of hydrogen-bond donors (Lipinski definition) is 1. The molecule has 4 nitrogen and oxygen atoms in total. The maximum Gasteiger partial charge on any atom is 0.246 e. The molecule has 0 aromatic heterocycles. The van der Waals surface area contributed by atoms with Crippen molar-refractivity contribution in [1.82, 2.24) is 4.31 Å². The van der Waals surface area contributed by atoms with Gasteiger partial charge in [-0.05, 0) is 25.0 Å². The molecule has 0 spiro atoms. The van der Waals surface area contributed by atoms with E-state index in [4.69, 9.17) is 28.9 Å². The average molecular weight is 321 g/mol. The molecule has 2 N–H and O–H groups in total. The minimum absolute atomic E-state index is 0.00712. The van der Waals surface area contributed by atoms with Crippen molar-refractivity contribution in [1.29, 1.82) is 0 Å². The number of rotatable bonds is 5. The molecule has 0 amide bonds. The van der Waals surface area contributed by atoms with Crippen molar-refractivity contribution >= 4 is 38.9 Å². The van der Waals surface area contributed by atoms with Gasteiger partial charge in [-0.3, -0.25) is 0 Å². The summed E-state index contributed by atoms with van der Waals surface area (Å²) in [6, 6.07) is 2.78. The van der Waals surface area contributed by atoms with E-state index in [0.29, 0.717) is 5.69 Å². The third-order valence-electron chi connectivity index (χ3n) is 2.85. The molecule has 1 aliphatic carbocycles. The SMILES string of the molecule is C=CCN(C1CC1)S(=O)(=O)c1c(Cl)cc(N)cc1Cl. The monoisotopic (exact) mass is 320 g/mol. The fourth-order valence-electron chi connectivity index (χ4n) is 1.88. The van der Waals surface area contributed by atoms with Gasteiger partial charge in [-0.15, -0.1) is 6.58 Å². The van der Waals surface area contributed by atoms with Crippen LogP contribution in [0.2, 0.25) is 10.0 Å². The zero-order chi connectivity index (χ0) is 14.2. The first-order valence-electron chi connectivity index (χ1n) is 5.75. The number of anilines is 1. The molecule has 1 fully saturated rings. The van der Waals surface area contributed by atoms with Crippen LogP contribution in [0.3, 0.4) is 0 Å². The van der Waals surface area contributed by atoms with E-state index < -0.39 is 10.0 Å². The quantitative estimate of drug-likeness (QED) is 0.670. The van der Waals surface area contributed by atoms with E-state index in [9.17, 15) is 8.42 Å². The van der Waals surface area contributed by atoms with Gasteiger partial charge < -0.3 is 5.73 Å². The minimum atomic E-state index is -3.74. The van der Waals surface area contributed by atoms with Crippen molar-refractivity contribution in [2.45, 2.75) is 23.8 Å². The van der Waals surface area contributed by atoms with Gasteiger partial charge in [-0.25, -0.2) is 8.42 Å². The van der Waals surface area contributed by atoms with Crippen LogP contribution in [0.25, 0.3) is 0 Å². The lowest BCUT2D eigenvalue weighted by atomic mass is 10.3. The summed E-state index contributed by atoms with van der Waals surface area (Å²) in [6.45, 7) is 3.82.